The van der Waals surface area contributed by atoms with Gasteiger partial charge in [-0.05, 0) is 49.3 Å². The van der Waals surface area contributed by atoms with Crippen molar-refractivity contribution in [2.24, 2.45) is 11.8 Å². The molecule has 0 radical (unpaired) electrons. The van der Waals surface area contributed by atoms with Crippen molar-refractivity contribution in [3.05, 3.63) is 23.2 Å². The lowest BCUT2D eigenvalue weighted by Gasteiger charge is -2.34. The predicted molar refractivity (Wildman–Crippen MR) is 112 cm³/mol. The van der Waals surface area contributed by atoms with Crippen molar-refractivity contribution in [3.8, 4) is 0 Å². The first-order chi connectivity index (χ1) is 13.3. The molecule has 0 spiro atoms. The smallest absolute Gasteiger partial charge is 0.244 e. The highest BCUT2D eigenvalue weighted by molar-refractivity contribution is 7.89. The molecule has 0 aliphatic carbocycles. The summed E-state index contributed by atoms with van der Waals surface area (Å²) in [5, 5.41) is 3.02. The molecule has 1 N–H and O–H groups in total. The number of rotatable bonds is 5. The maximum absolute atomic E-state index is 13.0. The highest BCUT2D eigenvalue weighted by atomic mass is 35.5. The maximum Gasteiger partial charge on any atom is 0.244 e. The molecule has 6 nitrogen and oxygen atoms in total. The van der Waals surface area contributed by atoms with Crippen LogP contribution in [0, 0.1) is 11.8 Å². The molecule has 156 valence electrons. The number of likely N-dealkylation sites (tertiary alicyclic amines) is 1. The normalized spacial score (nSPS) is 24.8. The van der Waals surface area contributed by atoms with Gasteiger partial charge in [0, 0.05) is 31.9 Å². The molecule has 2 fully saturated rings. The van der Waals surface area contributed by atoms with Crippen LogP contribution >= 0.6 is 11.6 Å². The van der Waals surface area contributed by atoms with E-state index in [4.69, 9.17) is 11.6 Å². The highest BCUT2D eigenvalue weighted by Crippen LogP contribution is 2.29. The Morgan fingerprint density at radius 1 is 1.14 bits per heavy atom. The number of amides is 1. The van der Waals surface area contributed by atoms with Gasteiger partial charge in [0.1, 0.15) is 4.90 Å². The lowest BCUT2D eigenvalue weighted by Crippen LogP contribution is -2.42. The largest absolute Gasteiger partial charge is 0.325 e. The van der Waals surface area contributed by atoms with E-state index in [1.165, 1.54) is 16.8 Å². The Labute approximate surface area is 173 Å². The zero-order valence-corrected chi connectivity index (χ0v) is 18.2. The van der Waals surface area contributed by atoms with Crippen molar-refractivity contribution in [3.63, 3.8) is 0 Å². The lowest BCUT2D eigenvalue weighted by atomic mass is 9.92. The van der Waals surface area contributed by atoms with E-state index in [1.54, 1.807) is 12.1 Å². The average molecular weight is 428 g/mol. The topological polar surface area (TPSA) is 69.7 Å². The van der Waals surface area contributed by atoms with Crippen LogP contribution in [0.4, 0.5) is 5.69 Å². The second-order valence-corrected chi connectivity index (χ2v) is 10.6. The van der Waals surface area contributed by atoms with Gasteiger partial charge in [0.2, 0.25) is 15.9 Å². The Bertz CT molecular complexity index is 799. The zero-order chi connectivity index (χ0) is 20.3. The summed E-state index contributed by atoms with van der Waals surface area (Å²) in [5.74, 6) is 1.02. The molecule has 0 aromatic heterocycles. The van der Waals surface area contributed by atoms with E-state index in [0.717, 1.165) is 32.4 Å². The number of sulfonamides is 1. The van der Waals surface area contributed by atoms with Gasteiger partial charge in [0.15, 0.2) is 0 Å². The zero-order valence-electron chi connectivity index (χ0n) is 16.7. The molecule has 2 aliphatic rings. The number of nitrogens with zero attached hydrogens (tertiary/aromatic N) is 2. The summed E-state index contributed by atoms with van der Waals surface area (Å²) in [4.78, 5) is 14.7. The molecule has 28 heavy (non-hydrogen) atoms. The van der Waals surface area contributed by atoms with E-state index in [0.29, 0.717) is 37.2 Å². The van der Waals surface area contributed by atoms with Crippen molar-refractivity contribution in [1.82, 2.24) is 9.21 Å². The minimum atomic E-state index is -3.65. The molecule has 1 aromatic carbocycles. The number of nitrogens with one attached hydrogen (secondary N) is 1. The Kier molecular flexibility index (Phi) is 7.02. The minimum Gasteiger partial charge on any atom is -0.325 e. The van der Waals surface area contributed by atoms with Gasteiger partial charge in [0.05, 0.1) is 11.6 Å². The van der Waals surface area contributed by atoms with Crippen LogP contribution in [0.5, 0.6) is 0 Å². The molecule has 0 bridgehead atoms. The molecule has 8 heteroatoms. The summed E-state index contributed by atoms with van der Waals surface area (Å²) in [7, 11) is -3.65. The third-order valence-corrected chi connectivity index (χ3v) is 7.84. The van der Waals surface area contributed by atoms with Crippen molar-refractivity contribution in [1.29, 1.82) is 0 Å². The summed E-state index contributed by atoms with van der Waals surface area (Å²) < 4.78 is 27.4. The quantitative estimate of drug-likeness (QED) is 0.781. The van der Waals surface area contributed by atoms with Gasteiger partial charge in [-0.1, -0.05) is 31.9 Å². The van der Waals surface area contributed by atoms with Gasteiger partial charge in [0.25, 0.3) is 0 Å². The fourth-order valence-corrected chi connectivity index (χ4v) is 6.37. The van der Waals surface area contributed by atoms with E-state index in [9.17, 15) is 13.2 Å². The van der Waals surface area contributed by atoms with Crippen LogP contribution in [0.15, 0.2) is 23.1 Å². The molecule has 2 saturated heterocycles. The van der Waals surface area contributed by atoms with Crippen LogP contribution in [0.3, 0.4) is 0 Å². The number of piperidine rings is 2. The van der Waals surface area contributed by atoms with Crippen LogP contribution in [0.25, 0.3) is 0 Å². The van der Waals surface area contributed by atoms with E-state index in [1.807, 2.05) is 0 Å². The molecule has 0 unspecified atom stereocenters. The Balaban J connectivity index is 1.69. The number of carbonyl (C=O) groups is 1. The van der Waals surface area contributed by atoms with Crippen molar-refractivity contribution < 1.29 is 13.2 Å². The number of carbonyl (C=O) groups excluding carboxylic acids is 1. The number of hydrogen-bond acceptors (Lipinski definition) is 4. The fourth-order valence-electron chi connectivity index (χ4n) is 4.35. The van der Waals surface area contributed by atoms with Crippen LogP contribution < -0.4 is 5.32 Å². The van der Waals surface area contributed by atoms with E-state index < -0.39 is 10.0 Å². The van der Waals surface area contributed by atoms with Crippen molar-refractivity contribution in [2.45, 2.75) is 44.4 Å². The van der Waals surface area contributed by atoms with Gasteiger partial charge < -0.3 is 5.32 Å². The minimum absolute atomic E-state index is 0.0640. The molecule has 0 saturated carbocycles. The highest BCUT2D eigenvalue weighted by Gasteiger charge is 2.28. The number of anilines is 1. The van der Waals surface area contributed by atoms with Gasteiger partial charge >= 0.3 is 0 Å². The van der Waals surface area contributed by atoms with Gasteiger partial charge in [-0.25, -0.2) is 8.42 Å². The van der Waals surface area contributed by atoms with Crippen LogP contribution in [0.2, 0.25) is 5.02 Å². The monoisotopic (exact) mass is 427 g/mol. The van der Waals surface area contributed by atoms with E-state index >= 15 is 0 Å². The molecule has 1 amide bonds. The maximum atomic E-state index is 13.0. The third-order valence-electron chi connectivity index (χ3n) is 5.46. The van der Waals surface area contributed by atoms with Crippen molar-refractivity contribution in [2.75, 3.05) is 38.0 Å². The summed E-state index contributed by atoms with van der Waals surface area (Å²) in [6, 6.07) is 4.67. The summed E-state index contributed by atoms with van der Waals surface area (Å²) in [5.41, 5.74) is 0.461. The Morgan fingerprint density at radius 2 is 1.79 bits per heavy atom. The van der Waals surface area contributed by atoms with E-state index in [2.05, 4.69) is 24.1 Å². The van der Waals surface area contributed by atoms with Crippen LogP contribution in [0.1, 0.15) is 39.5 Å². The first kappa shape index (κ1) is 21.6. The first-order valence-electron chi connectivity index (χ1n) is 10.1. The summed E-state index contributed by atoms with van der Waals surface area (Å²) in [6.45, 7) is 7.57. The summed E-state index contributed by atoms with van der Waals surface area (Å²) in [6.07, 6.45) is 3.95. The predicted octanol–water partition coefficient (Wildman–Crippen LogP) is 3.43. The van der Waals surface area contributed by atoms with Gasteiger partial charge in [-0.3, -0.25) is 9.69 Å². The molecule has 1 aromatic rings. The van der Waals surface area contributed by atoms with Crippen LogP contribution in [-0.2, 0) is 14.8 Å². The first-order valence-corrected chi connectivity index (χ1v) is 11.9. The number of benzene rings is 1. The van der Waals surface area contributed by atoms with Gasteiger partial charge in [-0.15, -0.1) is 0 Å². The summed E-state index contributed by atoms with van der Waals surface area (Å²) >= 11 is 6.20. The molecule has 3 rings (SSSR count). The molecule has 2 atom stereocenters. The molecular weight excluding hydrogens is 398 g/mol. The second kappa shape index (κ2) is 9.11. The number of halogens is 1. The Hall–Kier alpha value is -1.15. The Morgan fingerprint density at radius 3 is 2.43 bits per heavy atom. The lowest BCUT2D eigenvalue weighted by molar-refractivity contribution is -0.117. The number of hydrogen-bond donors (Lipinski definition) is 1. The van der Waals surface area contributed by atoms with E-state index in [-0.39, 0.29) is 15.8 Å². The molecular formula is C20H30ClN3O3S. The second-order valence-electron chi connectivity index (χ2n) is 8.30. The van der Waals surface area contributed by atoms with Gasteiger partial charge in [-0.2, -0.15) is 4.31 Å². The molecule has 2 heterocycles. The van der Waals surface area contributed by atoms with Crippen LogP contribution in [-0.4, -0.2) is 56.3 Å². The standard InChI is InChI=1S/C20H30ClN3O3S/c1-15-10-16(2)13-23(12-15)14-20(25)22-17-6-7-18(21)19(11-17)28(26,27)24-8-4-3-5-9-24/h6-7,11,15-16H,3-5,8-10,12-14H2,1-2H3,(H,22,25)/t15-,16-/m0/s1. The van der Waals surface area contributed by atoms with Crippen molar-refractivity contribution >= 4 is 33.2 Å². The third kappa shape index (κ3) is 5.26. The SMILES string of the molecule is C[C@H]1C[C@H](C)CN(CC(=O)Nc2ccc(Cl)c(S(=O)(=O)N3CCCCC3)c2)C1. The average Bonchev–Trinajstić information content (AvgIpc) is 2.63. The fraction of sp³-hybridized carbons (Fsp3) is 0.650. The molecule has 2 aliphatic heterocycles.